The Labute approximate surface area is 123 Å². The maximum Gasteiger partial charge on any atom is 0.224 e. The number of aryl methyl sites for hydroxylation is 1. The molecule has 0 atom stereocenters. The molecule has 6 nitrogen and oxygen atoms in total. The van der Waals surface area contributed by atoms with E-state index in [4.69, 9.17) is 10.5 Å². The molecule has 112 valence electrons. The van der Waals surface area contributed by atoms with Crippen molar-refractivity contribution >= 4 is 15.7 Å². The van der Waals surface area contributed by atoms with E-state index in [2.05, 4.69) is 9.97 Å². The van der Waals surface area contributed by atoms with Gasteiger partial charge in [0.2, 0.25) is 5.88 Å². The van der Waals surface area contributed by atoms with E-state index in [-0.39, 0.29) is 4.90 Å². The lowest BCUT2D eigenvalue weighted by Crippen LogP contribution is -2.01. The first-order chi connectivity index (χ1) is 9.88. The van der Waals surface area contributed by atoms with Crippen LogP contribution in [0.3, 0.4) is 0 Å². The lowest BCUT2D eigenvalue weighted by Gasteiger charge is -2.07. The molecule has 0 amide bonds. The van der Waals surface area contributed by atoms with Gasteiger partial charge in [0.1, 0.15) is 17.4 Å². The van der Waals surface area contributed by atoms with Crippen LogP contribution in [0.5, 0.6) is 11.6 Å². The topological polar surface area (TPSA) is 95.2 Å². The highest BCUT2D eigenvalue weighted by molar-refractivity contribution is 7.90. The number of benzene rings is 1. The van der Waals surface area contributed by atoms with Crippen molar-refractivity contribution in [1.29, 1.82) is 0 Å². The minimum atomic E-state index is -3.21. The van der Waals surface area contributed by atoms with Gasteiger partial charge in [-0.3, -0.25) is 0 Å². The van der Waals surface area contributed by atoms with Crippen molar-refractivity contribution in [2.24, 2.45) is 0 Å². The number of sulfone groups is 1. The molecular weight excluding hydrogens is 290 g/mol. The zero-order valence-corrected chi connectivity index (χ0v) is 12.7. The fourth-order valence-electron chi connectivity index (χ4n) is 1.76. The van der Waals surface area contributed by atoms with Crippen LogP contribution >= 0.6 is 0 Å². The van der Waals surface area contributed by atoms with Gasteiger partial charge in [0.15, 0.2) is 9.84 Å². The first-order valence-corrected chi connectivity index (χ1v) is 8.39. The van der Waals surface area contributed by atoms with Crippen LogP contribution in [-0.4, -0.2) is 24.6 Å². The van der Waals surface area contributed by atoms with Crippen molar-refractivity contribution in [1.82, 2.24) is 9.97 Å². The molecule has 1 aromatic carbocycles. The van der Waals surface area contributed by atoms with Crippen molar-refractivity contribution in [3.8, 4) is 11.6 Å². The van der Waals surface area contributed by atoms with Crippen molar-refractivity contribution in [3.05, 3.63) is 36.2 Å². The number of anilines is 1. The van der Waals surface area contributed by atoms with Crippen LogP contribution in [0.2, 0.25) is 0 Å². The van der Waals surface area contributed by atoms with E-state index in [9.17, 15) is 8.42 Å². The number of ether oxygens (including phenoxy) is 1. The fourth-order valence-corrected chi connectivity index (χ4v) is 2.39. The maximum absolute atomic E-state index is 11.4. The second kappa shape index (κ2) is 6.09. The molecule has 21 heavy (non-hydrogen) atoms. The predicted octanol–water partition coefficient (Wildman–Crippen LogP) is 2.21. The molecule has 0 radical (unpaired) electrons. The van der Waals surface area contributed by atoms with Crippen molar-refractivity contribution in [2.75, 3.05) is 12.0 Å². The van der Waals surface area contributed by atoms with Gasteiger partial charge >= 0.3 is 0 Å². The lowest BCUT2D eigenvalue weighted by molar-refractivity contribution is 0.458. The van der Waals surface area contributed by atoms with Gasteiger partial charge in [0.25, 0.3) is 0 Å². The Morgan fingerprint density at radius 3 is 2.43 bits per heavy atom. The van der Waals surface area contributed by atoms with Crippen LogP contribution in [0.15, 0.2) is 35.2 Å². The van der Waals surface area contributed by atoms with Gasteiger partial charge in [0.05, 0.1) is 4.90 Å². The van der Waals surface area contributed by atoms with Crippen molar-refractivity contribution in [3.63, 3.8) is 0 Å². The molecule has 2 rings (SSSR count). The number of hydrogen-bond donors (Lipinski definition) is 1. The van der Waals surface area contributed by atoms with E-state index >= 15 is 0 Å². The number of nitrogens with zero attached hydrogens (tertiary/aromatic N) is 2. The summed E-state index contributed by atoms with van der Waals surface area (Å²) in [5, 5.41) is 0. The normalized spacial score (nSPS) is 11.3. The van der Waals surface area contributed by atoms with Crippen LogP contribution in [-0.2, 0) is 16.3 Å². The standard InChI is InChI=1S/C14H17N3O3S/c1-3-4-13-16-12(15)9-14(17-13)20-10-5-7-11(8-6-10)21(2,18)19/h5-9H,3-4H2,1-2H3,(H2,15,16,17). The number of nitrogens with two attached hydrogens (primary N) is 1. The summed E-state index contributed by atoms with van der Waals surface area (Å²) in [4.78, 5) is 8.62. The summed E-state index contributed by atoms with van der Waals surface area (Å²) in [6.07, 6.45) is 2.78. The van der Waals surface area contributed by atoms with Gasteiger partial charge in [-0.1, -0.05) is 6.92 Å². The first kappa shape index (κ1) is 15.2. The molecule has 0 fully saturated rings. The highest BCUT2D eigenvalue weighted by Crippen LogP contribution is 2.22. The van der Waals surface area contributed by atoms with Crippen LogP contribution in [0.25, 0.3) is 0 Å². The molecule has 0 aliphatic carbocycles. The molecule has 0 aliphatic heterocycles. The summed E-state index contributed by atoms with van der Waals surface area (Å²) in [6.45, 7) is 2.02. The zero-order chi connectivity index (χ0) is 15.5. The monoisotopic (exact) mass is 307 g/mol. The molecule has 0 aliphatic rings. The third-order valence-electron chi connectivity index (χ3n) is 2.72. The van der Waals surface area contributed by atoms with Gasteiger partial charge in [0, 0.05) is 18.7 Å². The Morgan fingerprint density at radius 1 is 1.19 bits per heavy atom. The Hall–Kier alpha value is -2.15. The second-order valence-electron chi connectivity index (χ2n) is 4.64. The van der Waals surface area contributed by atoms with E-state index in [0.29, 0.717) is 29.7 Å². The van der Waals surface area contributed by atoms with Gasteiger partial charge in [-0.05, 0) is 30.7 Å². The molecule has 1 heterocycles. The fraction of sp³-hybridized carbons (Fsp3) is 0.286. The first-order valence-electron chi connectivity index (χ1n) is 6.50. The van der Waals surface area contributed by atoms with Gasteiger partial charge in [-0.15, -0.1) is 0 Å². The van der Waals surface area contributed by atoms with E-state index in [1.54, 1.807) is 12.1 Å². The Bertz CT molecular complexity index is 728. The largest absolute Gasteiger partial charge is 0.439 e. The number of hydrogen-bond acceptors (Lipinski definition) is 6. The van der Waals surface area contributed by atoms with E-state index in [1.165, 1.54) is 18.2 Å². The van der Waals surface area contributed by atoms with E-state index in [0.717, 1.165) is 12.7 Å². The average Bonchev–Trinajstić information content (AvgIpc) is 2.38. The number of rotatable bonds is 5. The third-order valence-corrected chi connectivity index (χ3v) is 3.85. The summed E-state index contributed by atoms with van der Waals surface area (Å²) >= 11 is 0. The summed E-state index contributed by atoms with van der Waals surface area (Å²) in [7, 11) is -3.21. The minimum absolute atomic E-state index is 0.240. The Balaban J connectivity index is 2.22. The van der Waals surface area contributed by atoms with Crippen LogP contribution in [0.4, 0.5) is 5.82 Å². The van der Waals surface area contributed by atoms with Gasteiger partial charge < -0.3 is 10.5 Å². The van der Waals surface area contributed by atoms with Gasteiger partial charge in [-0.2, -0.15) is 4.98 Å². The van der Waals surface area contributed by atoms with E-state index in [1.807, 2.05) is 6.92 Å². The molecular formula is C14H17N3O3S. The molecule has 7 heteroatoms. The number of aromatic nitrogens is 2. The van der Waals surface area contributed by atoms with Crippen molar-refractivity contribution in [2.45, 2.75) is 24.7 Å². The molecule has 0 spiro atoms. The minimum Gasteiger partial charge on any atom is -0.439 e. The highest BCUT2D eigenvalue weighted by atomic mass is 32.2. The molecule has 2 N–H and O–H groups in total. The lowest BCUT2D eigenvalue weighted by atomic mass is 10.3. The molecule has 0 saturated heterocycles. The molecule has 0 saturated carbocycles. The maximum atomic E-state index is 11.4. The quantitative estimate of drug-likeness (QED) is 0.910. The average molecular weight is 307 g/mol. The van der Waals surface area contributed by atoms with E-state index < -0.39 is 9.84 Å². The predicted molar refractivity (Wildman–Crippen MR) is 80.1 cm³/mol. The van der Waals surface area contributed by atoms with Crippen LogP contribution in [0, 0.1) is 0 Å². The zero-order valence-electron chi connectivity index (χ0n) is 11.9. The Morgan fingerprint density at radius 2 is 1.86 bits per heavy atom. The summed E-state index contributed by atoms with van der Waals surface area (Å²) in [5.74, 6) is 1.80. The van der Waals surface area contributed by atoms with Crippen LogP contribution < -0.4 is 10.5 Å². The molecule has 2 aromatic rings. The molecule has 0 unspecified atom stereocenters. The summed E-state index contributed by atoms with van der Waals surface area (Å²) in [5.41, 5.74) is 5.71. The third kappa shape index (κ3) is 4.16. The SMILES string of the molecule is CCCc1nc(N)cc(Oc2ccc(S(C)(=O)=O)cc2)n1. The summed E-state index contributed by atoms with van der Waals surface area (Å²) < 4.78 is 28.4. The van der Waals surface area contributed by atoms with Crippen LogP contribution in [0.1, 0.15) is 19.2 Å². The number of nitrogen functional groups attached to an aromatic ring is 1. The smallest absolute Gasteiger partial charge is 0.224 e. The summed E-state index contributed by atoms with van der Waals surface area (Å²) in [6, 6.07) is 7.66. The molecule has 1 aromatic heterocycles. The van der Waals surface area contributed by atoms with Gasteiger partial charge in [-0.25, -0.2) is 13.4 Å². The Kier molecular flexibility index (Phi) is 4.42. The second-order valence-corrected chi connectivity index (χ2v) is 6.66. The highest BCUT2D eigenvalue weighted by Gasteiger charge is 2.08. The molecule has 0 bridgehead atoms. The van der Waals surface area contributed by atoms with Crippen molar-refractivity contribution < 1.29 is 13.2 Å².